The molecule has 1 rings (SSSR count). The minimum Gasteiger partial charge on any atom is -0.395 e. The monoisotopic (exact) mass is 269 g/mol. The fourth-order valence-electron chi connectivity index (χ4n) is 1.72. The summed E-state index contributed by atoms with van der Waals surface area (Å²) in [7, 11) is 0. The molecule has 0 spiro atoms. The van der Waals surface area contributed by atoms with Gasteiger partial charge in [0, 0.05) is 18.7 Å². The summed E-state index contributed by atoms with van der Waals surface area (Å²) in [5.74, 6) is 5.30. The SMILES string of the molecule is OCC#Cc1cccc(CN(CCO)CC(F)F)c1. The minimum atomic E-state index is -2.43. The first-order chi connectivity index (χ1) is 9.15. The first-order valence-corrected chi connectivity index (χ1v) is 5.95. The van der Waals surface area contributed by atoms with E-state index in [0.717, 1.165) is 11.1 Å². The summed E-state index contributed by atoms with van der Waals surface area (Å²) in [4.78, 5) is 1.49. The second-order valence-corrected chi connectivity index (χ2v) is 4.01. The van der Waals surface area contributed by atoms with Gasteiger partial charge >= 0.3 is 0 Å². The molecule has 0 radical (unpaired) electrons. The molecule has 5 heteroatoms. The number of rotatable bonds is 6. The van der Waals surface area contributed by atoms with Crippen molar-refractivity contribution in [1.29, 1.82) is 0 Å². The van der Waals surface area contributed by atoms with Crippen LogP contribution in [0.5, 0.6) is 0 Å². The van der Waals surface area contributed by atoms with Crippen LogP contribution in [0.1, 0.15) is 11.1 Å². The van der Waals surface area contributed by atoms with Gasteiger partial charge < -0.3 is 10.2 Å². The average molecular weight is 269 g/mol. The van der Waals surface area contributed by atoms with Gasteiger partial charge in [-0.25, -0.2) is 8.78 Å². The zero-order valence-corrected chi connectivity index (χ0v) is 10.5. The van der Waals surface area contributed by atoms with Gasteiger partial charge in [-0.1, -0.05) is 24.0 Å². The zero-order chi connectivity index (χ0) is 14.1. The average Bonchev–Trinajstić information content (AvgIpc) is 2.36. The molecule has 1 aromatic carbocycles. The summed E-state index contributed by atoms with van der Waals surface area (Å²) in [5.41, 5.74) is 1.58. The molecule has 0 unspecified atom stereocenters. The molecule has 3 nitrogen and oxygen atoms in total. The highest BCUT2D eigenvalue weighted by Crippen LogP contribution is 2.09. The van der Waals surface area contributed by atoms with E-state index in [9.17, 15) is 8.78 Å². The highest BCUT2D eigenvalue weighted by atomic mass is 19.3. The van der Waals surface area contributed by atoms with E-state index in [-0.39, 0.29) is 26.3 Å². The highest BCUT2D eigenvalue weighted by Gasteiger charge is 2.12. The third-order valence-electron chi connectivity index (χ3n) is 2.46. The summed E-state index contributed by atoms with van der Waals surface area (Å²) in [6.07, 6.45) is -2.43. The lowest BCUT2D eigenvalue weighted by Crippen LogP contribution is -2.31. The number of aliphatic hydroxyl groups excluding tert-OH is 2. The molecule has 1 aromatic rings. The van der Waals surface area contributed by atoms with Crippen LogP contribution in [0.4, 0.5) is 8.78 Å². The topological polar surface area (TPSA) is 43.7 Å². The molecule has 2 N–H and O–H groups in total. The van der Waals surface area contributed by atoms with E-state index < -0.39 is 6.43 Å². The van der Waals surface area contributed by atoms with Gasteiger partial charge in [0.25, 0.3) is 6.43 Å². The van der Waals surface area contributed by atoms with Crippen molar-refractivity contribution in [2.45, 2.75) is 13.0 Å². The number of alkyl halides is 2. The summed E-state index contributed by atoms with van der Waals surface area (Å²) >= 11 is 0. The van der Waals surface area contributed by atoms with Crippen molar-refractivity contribution in [3.05, 3.63) is 35.4 Å². The quantitative estimate of drug-likeness (QED) is 0.760. The van der Waals surface area contributed by atoms with Crippen LogP contribution in [0.2, 0.25) is 0 Å². The van der Waals surface area contributed by atoms with E-state index in [4.69, 9.17) is 10.2 Å². The molecular weight excluding hydrogens is 252 g/mol. The summed E-state index contributed by atoms with van der Waals surface area (Å²) < 4.78 is 24.8. The van der Waals surface area contributed by atoms with Crippen LogP contribution in [0.3, 0.4) is 0 Å². The molecular formula is C14H17F2NO2. The largest absolute Gasteiger partial charge is 0.395 e. The molecule has 0 aliphatic heterocycles. The summed E-state index contributed by atoms with van der Waals surface area (Å²) in [5, 5.41) is 17.5. The number of aliphatic hydroxyl groups is 2. The van der Waals surface area contributed by atoms with Gasteiger partial charge in [0.1, 0.15) is 6.61 Å². The Morgan fingerprint density at radius 3 is 2.68 bits per heavy atom. The highest BCUT2D eigenvalue weighted by molar-refractivity contribution is 5.37. The molecule has 19 heavy (non-hydrogen) atoms. The molecule has 0 saturated heterocycles. The maximum absolute atomic E-state index is 12.4. The molecule has 0 atom stereocenters. The zero-order valence-electron chi connectivity index (χ0n) is 10.5. The van der Waals surface area contributed by atoms with Crippen molar-refractivity contribution in [3.8, 4) is 11.8 Å². The van der Waals surface area contributed by atoms with Crippen LogP contribution < -0.4 is 0 Å². The molecule has 0 fully saturated rings. The normalized spacial score (nSPS) is 10.6. The Morgan fingerprint density at radius 1 is 1.26 bits per heavy atom. The first-order valence-electron chi connectivity index (χ1n) is 5.95. The fourth-order valence-corrected chi connectivity index (χ4v) is 1.72. The van der Waals surface area contributed by atoms with Crippen LogP contribution in [0, 0.1) is 11.8 Å². The molecule has 0 bridgehead atoms. The van der Waals surface area contributed by atoms with Crippen LogP contribution in [-0.4, -0.2) is 47.8 Å². The van der Waals surface area contributed by atoms with Crippen molar-refractivity contribution in [1.82, 2.24) is 4.90 Å². The third-order valence-corrected chi connectivity index (χ3v) is 2.46. The Kier molecular flexibility index (Phi) is 7.04. The number of halogens is 2. The number of hydrogen-bond donors (Lipinski definition) is 2. The lowest BCUT2D eigenvalue weighted by atomic mass is 10.1. The molecule has 0 aliphatic carbocycles. The smallest absolute Gasteiger partial charge is 0.251 e. The number of hydrogen-bond acceptors (Lipinski definition) is 3. The maximum Gasteiger partial charge on any atom is 0.251 e. The fraction of sp³-hybridized carbons (Fsp3) is 0.429. The Bertz CT molecular complexity index is 441. The van der Waals surface area contributed by atoms with Crippen molar-refractivity contribution < 1.29 is 19.0 Å². The van der Waals surface area contributed by atoms with E-state index in [1.54, 1.807) is 18.2 Å². The van der Waals surface area contributed by atoms with Crippen LogP contribution >= 0.6 is 0 Å². The van der Waals surface area contributed by atoms with Crippen molar-refractivity contribution >= 4 is 0 Å². The van der Waals surface area contributed by atoms with Gasteiger partial charge in [-0.15, -0.1) is 0 Å². The lowest BCUT2D eigenvalue weighted by Gasteiger charge is -2.20. The van der Waals surface area contributed by atoms with Gasteiger partial charge in [0.05, 0.1) is 13.2 Å². The second kappa shape index (κ2) is 8.59. The van der Waals surface area contributed by atoms with E-state index in [2.05, 4.69) is 11.8 Å². The Balaban J connectivity index is 2.72. The number of benzene rings is 1. The van der Waals surface area contributed by atoms with Gasteiger partial charge in [0.2, 0.25) is 0 Å². The molecule has 0 amide bonds. The van der Waals surface area contributed by atoms with E-state index in [1.807, 2.05) is 6.07 Å². The molecule has 0 heterocycles. The predicted molar refractivity (Wildman–Crippen MR) is 68.8 cm³/mol. The summed E-state index contributed by atoms with van der Waals surface area (Å²) in [6, 6.07) is 7.18. The lowest BCUT2D eigenvalue weighted by molar-refractivity contribution is 0.0746. The van der Waals surface area contributed by atoms with Gasteiger partial charge in [-0.2, -0.15) is 0 Å². The molecule has 104 valence electrons. The Hall–Kier alpha value is -1.48. The standard InChI is InChI=1S/C14H17F2NO2/c15-14(16)11-17(6-8-19)10-13-4-1-3-12(9-13)5-2-7-18/h1,3-4,9,14,18-19H,6-8,10-11H2. The van der Waals surface area contributed by atoms with Crippen LogP contribution in [0.25, 0.3) is 0 Å². The predicted octanol–water partition coefficient (Wildman–Crippen LogP) is 1.09. The van der Waals surface area contributed by atoms with E-state index in [0.29, 0.717) is 6.54 Å². The molecule has 0 saturated carbocycles. The minimum absolute atomic E-state index is 0.156. The van der Waals surface area contributed by atoms with Crippen LogP contribution in [-0.2, 0) is 6.54 Å². The van der Waals surface area contributed by atoms with Crippen LogP contribution in [0.15, 0.2) is 24.3 Å². The maximum atomic E-state index is 12.4. The van der Waals surface area contributed by atoms with Crippen molar-refractivity contribution in [3.63, 3.8) is 0 Å². The Morgan fingerprint density at radius 2 is 2.05 bits per heavy atom. The Labute approximate surface area is 111 Å². The van der Waals surface area contributed by atoms with Gasteiger partial charge in [-0.3, -0.25) is 4.90 Å². The number of nitrogens with zero attached hydrogens (tertiary/aromatic N) is 1. The summed E-state index contributed by atoms with van der Waals surface area (Å²) in [6.45, 7) is -0.202. The second-order valence-electron chi connectivity index (χ2n) is 4.01. The molecule has 0 aromatic heterocycles. The van der Waals surface area contributed by atoms with E-state index in [1.165, 1.54) is 4.90 Å². The van der Waals surface area contributed by atoms with Gasteiger partial charge in [0.15, 0.2) is 0 Å². The van der Waals surface area contributed by atoms with Crippen molar-refractivity contribution in [2.75, 3.05) is 26.3 Å². The van der Waals surface area contributed by atoms with Crippen molar-refractivity contribution in [2.24, 2.45) is 0 Å². The molecule has 0 aliphatic rings. The third kappa shape index (κ3) is 6.30. The van der Waals surface area contributed by atoms with E-state index >= 15 is 0 Å². The first kappa shape index (κ1) is 15.6. The van der Waals surface area contributed by atoms with Gasteiger partial charge in [-0.05, 0) is 17.7 Å².